The van der Waals surface area contributed by atoms with E-state index in [-0.39, 0.29) is 6.29 Å². The Morgan fingerprint density at radius 1 is 1.20 bits per heavy atom. The van der Waals surface area contributed by atoms with E-state index in [2.05, 4.69) is 22.6 Å². The summed E-state index contributed by atoms with van der Waals surface area (Å²) in [5, 5.41) is 0. The van der Waals surface area contributed by atoms with Crippen molar-refractivity contribution in [1.82, 2.24) is 0 Å². The zero-order chi connectivity index (χ0) is 7.82. The van der Waals surface area contributed by atoms with Crippen LogP contribution in [0.5, 0.6) is 0 Å². The molecule has 2 nitrogen and oxygen atoms in total. The van der Waals surface area contributed by atoms with Gasteiger partial charge in [-0.1, -0.05) is 22.6 Å². The van der Waals surface area contributed by atoms with Crippen LogP contribution in [0.1, 0.15) is 19.3 Å². The van der Waals surface area contributed by atoms with E-state index >= 15 is 0 Å². The van der Waals surface area contributed by atoms with Crippen LogP contribution in [-0.2, 0) is 9.47 Å². The second-order valence-corrected chi connectivity index (χ2v) is 3.16. The molecule has 0 saturated heterocycles. The minimum Gasteiger partial charge on any atom is -0.356 e. The molecule has 0 heterocycles. The summed E-state index contributed by atoms with van der Waals surface area (Å²) in [6.07, 6.45) is 3.46. The van der Waals surface area contributed by atoms with Gasteiger partial charge in [-0.05, 0) is 23.7 Å². The number of ether oxygens (including phenoxy) is 2. The molecule has 0 atom stereocenters. The lowest BCUT2D eigenvalue weighted by Crippen LogP contribution is -2.12. The van der Waals surface area contributed by atoms with Gasteiger partial charge in [-0.3, -0.25) is 0 Å². The number of unbranched alkanes of at least 4 members (excludes halogenated alkanes) is 1. The molecule has 0 aromatic carbocycles. The summed E-state index contributed by atoms with van der Waals surface area (Å²) in [6, 6.07) is 0. The lowest BCUT2D eigenvalue weighted by atomic mass is 10.2. The van der Waals surface area contributed by atoms with Crippen molar-refractivity contribution in [1.29, 1.82) is 0 Å². The van der Waals surface area contributed by atoms with E-state index in [1.165, 1.54) is 17.3 Å². The van der Waals surface area contributed by atoms with Crippen LogP contribution in [0.4, 0.5) is 0 Å². The third kappa shape index (κ3) is 5.44. The lowest BCUT2D eigenvalue weighted by molar-refractivity contribution is -0.106. The van der Waals surface area contributed by atoms with Crippen molar-refractivity contribution in [2.45, 2.75) is 25.6 Å². The zero-order valence-electron chi connectivity index (χ0n) is 6.60. The Kier molecular flexibility index (Phi) is 8.26. The maximum atomic E-state index is 5.02. The summed E-state index contributed by atoms with van der Waals surface area (Å²) < 4.78 is 11.3. The van der Waals surface area contributed by atoms with Crippen LogP contribution in [0, 0.1) is 0 Å². The van der Waals surface area contributed by atoms with E-state index in [0.29, 0.717) is 0 Å². The van der Waals surface area contributed by atoms with E-state index in [9.17, 15) is 0 Å². The van der Waals surface area contributed by atoms with E-state index in [1.807, 2.05) is 0 Å². The SMILES string of the molecule is COC(CCCCI)OC. The number of rotatable bonds is 6. The van der Waals surface area contributed by atoms with Gasteiger partial charge in [-0.25, -0.2) is 0 Å². The molecule has 0 aromatic rings. The summed E-state index contributed by atoms with van der Waals surface area (Å²) in [7, 11) is 3.36. The van der Waals surface area contributed by atoms with E-state index in [0.717, 1.165) is 6.42 Å². The molecular formula is C7H15IO2. The third-order valence-electron chi connectivity index (χ3n) is 1.35. The molecule has 0 aromatic heterocycles. The normalized spacial score (nSPS) is 10.8. The highest BCUT2D eigenvalue weighted by Crippen LogP contribution is 2.05. The average molecular weight is 258 g/mol. The van der Waals surface area contributed by atoms with Crippen LogP contribution in [0.15, 0.2) is 0 Å². The Bertz CT molecular complexity index is 64.6. The average Bonchev–Trinajstić information content (AvgIpc) is 1.99. The molecule has 62 valence electrons. The van der Waals surface area contributed by atoms with Gasteiger partial charge in [0.1, 0.15) is 0 Å². The Hall–Kier alpha value is 0.650. The maximum absolute atomic E-state index is 5.02. The van der Waals surface area contributed by atoms with E-state index in [1.54, 1.807) is 14.2 Å². The number of halogens is 1. The van der Waals surface area contributed by atoms with Gasteiger partial charge in [0.25, 0.3) is 0 Å². The van der Waals surface area contributed by atoms with Crippen LogP contribution >= 0.6 is 22.6 Å². The first kappa shape index (κ1) is 10.7. The van der Waals surface area contributed by atoms with Crippen molar-refractivity contribution in [3.05, 3.63) is 0 Å². The van der Waals surface area contributed by atoms with Gasteiger partial charge in [-0.2, -0.15) is 0 Å². The first-order valence-corrected chi connectivity index (χ1v) is 4.99. The van der Waals surface area contributed by atoms with Crippen LogP contribution < -0.4 is 0 Å². The zero-order valence-corrected chi connectivity index (χ0v) is 8.76. The smallest absolute Gasteiger partial charge is 0.156 e. The molecule has 0 aliphatic heterocycles. The van der Waals surface area contributed by atoms with Gasteiger partial charge in [0.05, 0.1) is 0 Å². The maximum Gasteiger partial charge on any atom is 0.156 e. The largest absolute Gasteiger partial charge is 0.356 e. The minimum absolute atomic E-state index is 0.00273. The molecule has 10 heavy (non-hydrogen) atoms. The minimum atomic E-state index is 0.00273. The number of methoxy groups -OCH3 is 2. The summed E-state index contributed by atoms with van der Waals surface area (Å²) in [4.78, 5) is 0. The number of alkyl halides is 1. The van der Waals surface area contributed by atoms with Crippen LogP contribution in [0.2, 0.25) is 0 Å². The predicted molar refractivity (Wildman–Crippen MR) is 50.5 cm³/mol. The molecule has 0 spiro atoms. The van der Waals surface area contributed by atoms with Gasteiger partial charge < -0.3 is 9.47 Å². The second kappa shape index (κ2) is 7.75. The monoisotopic (exact) mass is 258 g/mol. The second-order valence-electron chi connectivity index (χ2n) is 2.09. The fourth-order valence-corrected chi connectivity index (χ4v) is 1.28. The van der Waals surface area contributed by atoms with Crippen molar-refractivity contribution in [2.75, 3.05) is 18.6 Å². The first-order valence-electron chi connectivity index (χ1n) is 3.46. The fraction of sp³-hybridized carbons (Fsp3) is 1.00. The highest BCUT2D eigenvalue weighted by Gasteiger charge is 2.02. The Balaban J connectivity index is 3.09. The van der Waals surface area contributed by atoms with Crippen LogP contribution in [0.25, 0.3) is 0 Å². The van der Waals surface area contributed by atoms with Crippen LogP contribution in [0.3, 0.4) is 0 Å². The van der Waals surface area contributed by atoms with Gasteiger partial charge in [0.2, 0.25) is 0 Å². The molecule has 0 bridgehead atoms. The molecule has 0 saturated carbocycles. The summed E-state index contributed by atoms with van der Waals surface area (Å²) in [5.41, 5.74) is 0. The molecule has 0 aliphatic rings. The topological polar surface area (TPSA) is 18.5 Å². The van der Waals surface area contributed by atoms with Gasteiger partial charge in [-0.15, -0.1) is 0 Å². The summed E-state index contributed by atoms with van der Waals surface area (Å²) in [5.74, 6) is 0. The standard InChI is InChI=1S/C7H15IO2/c1-9-7(10-2)5-3-4-6-8/h7H,3-6H2,1-2H3. The first-order chi connectivity index (χ1) is 4.85. The molecule has 0 unspecified atom stereocenters. The molecule has 3 heteroatoms. The summed E-state index contributed by atoms with van der Waals surface area (Å²) >= 11 is 2.38. The van der Waals surface area contributed by atoms with Crippen molar-refractivity contribution in [3.8, 4) is 0 Å². The van der Waals surface area contributed by atoms with Gasteiger partial charge >= 0.3 is 0 Å². The van der Waals surface area contributed by atoms with Crippen LogP contribution in [-0.4, -0.2) is 24.9 Å². The predicted octanol–water partition coefficient (Wildman–Crippen LogP) is 2.21. The Labute approximate surface area is 76.4 Å². The molecule has 0 fully saturated rings. The number of hydrogen-bond acceptors (Lipinski definition) is 2. The quantitative estimate of drug-likeness (QED) is 0.315. The van der Waals surface area contributed by atoms with Crippen molar-refractivity contribution in [3.63, 3.8) is 0 Å². The van der Waals surface area contributed by atoms with Gasteiger partial charge in [0, 0.05) is 14.2 Å². The molecule has 0 rings (SSSR count). The fourth-order valence-electron chi connectivity index (χ4n) is 0.737. The summed E-state index contributed by atoms with van der Waals surface area (Å²) in [6.45, 7) is 0. The highest BCUT2D eigenvalue weighted by atomic mass is 127. The molecule has 0 radical (unpaired) electrons. The Morgan fingerprint density at radius 2 is 1.80 bits per heavy atom. The van der Waals surface area contributed by atoms with E-state index in [4.69, 9.17) is 9.47 Å². The molecule has 0 amide bonds. The van der Waals surface area contributed by atoms with E-state index < -0.39 is 0 Å². The van der Waals surface area contributed by atoms with Crippen molar-refractivity contribution < 1.29 is 9.47 Å². The molecule has 0 aliphatic carbocycles. The van der Waals surface area contributed by atoms with Crippen molar-refractivity contribution in [2.24, 2.45) is 0 Å². The Morgan fingerprint density at radius 3 is 2.20 bits per heavy atom. The van der Waals surface area contributed by atoms with Crippen molar-refractivity contribution >= 4 is 22.6 Å². The lowest BCUT2D eigenvalue weighted by Gasteiger charge is -2.11. The highest BCUT2D eigenvalue weighted by molar-refractivity contribution is 14.1. The van der Waals surface area contributed by atoms with Gasteiger partial charge in [0.15, 0.2) is 6.29 Å². The number of hydrogen-bond donors (Lipinski definition) is 0. The third-order valence-corrected chi connectivity index (χ3v) is 2.11. The molecular weight excluding hydrogens is 243 g/mol. The molecule has 0 N–H and O–H groups in total.